The quantitative estimate of drug-likeness (QED) is 0.0863. The standard InChI is InChI=1S/C69H62N4OSi.Pt/c1-67(2)36-37-69(5,6)64-56(67)44-57-66(75(7,8)40-38-68(57,3)4)63(64)48-35-39-70-62(41-48)73-58-30-16-15-27-54(58)55-34-33-51(43-61(55)73)74-50-26-19-25-49(42-50)71-45-72(60-32-18-17-31-59(60)71)65-52(46-21-11-9-12-22-46)28-20-29-53(65)47-23-13-10-14-24-47;/h9-35,39,41,44H,36-38,40H2,1-8H3;/q-2;/i9D,10D,11D,12D,13D,14D,15D,16D,21D,22D,23D,24D,27D,30D;. The molecule has 0 radical (unpaired) electrons. The Labute approximate surface area is 482 Å². The SMILES string of the molecule is [2H]c1c([2H])c([2H])c(-c2cccc(-c3c([2H])c([2H])c([2H])c([2H])c3[2H])c2-[n+]2[c-]n(-c3[c-]c(Oc4[c-]c5c(cc4)c4c([2H])c([2H])c([2H])c([2H])c4n5-c4cc(-c5c6c(cc7c5[Si](C)(C)CCC7(C)C)C(C)(C)CCC6(C)C)ccn4)ccc3)c3ccccc32)c([2H])c1[2H].[Pt]. The van der Waals surface area contributed by atoms with E-state index in [9.17, 15) is 2.74 Å². The number of aromatic nitrogens is 4. The Kier molecular flexibility index (Phi) is 8.80. The van der Waals surface area contributed by atoms with Crippen LogP contribution in [0.25, 0.3) is 83.4 Å². The van der Waals surface area contributed by atoms with Crippen molar-refractivity contribution in [1.29, 1.82) is 0 Å². The molecule has 8 aromatic carbocycles. The van der Waals surface area contributed by atoms with E-state index >= 15 is 0 Å². The van der Waals surface area contributed by atoms with E-state index in [1.807, 2.05) is 12.1 Å². The minimum atomic E-state index is -2.06. The minimum Gasteiger partial charge on any atom is -0.510 e. The molecule has 1 aliphatic carbocycles. The van der Waals surface area contributed by atoms with Crippen LogP contribution < -0.4 is 14.5 Å². The minimum absolute atomic E-state index is 0. The Morgan fingerprint density at radius 1 is 0.618 bits per heavy atom. The van der Waals surface area contributed by atoms with Crippen LogP contribution in [0.2, 0.25) is 19.1 Å². The Morgan fingerprint density at radius 3 is 2.03 bits per heavy atom. The molecule has 76 heavy (non-hydrogen) atoms. The van der Waals surface area contributed by atoms with Crippen LogP contribution in [0.4, 0.5) is 0 Å². The first-order valence-corrected chi connectivity index (χ1v) is 28.8. The number of hydrogen-bond acceptors (Lipinski definition) is 2. The van der Waals surface area contributed by atoms with Crippen LogP contribution in [0.15, 0.2) is 182 Å². The molecule has 13 rings (SSSR count). The van der Waals surface area contributed by atoms with Crippen molar-refractivity contribution in [1.82, 2.24) is 14.1 Å². The average Bonchev–Trinajstić information content (AvgIpc) is 0.783. The van der Waals surface area contributed by atoms with E-state index in [1.165, 1.54) is 27.4 Å². The Bertz CT molecular complexity index is 4720. The van der Waals surface area contributed by atoms with Gasteiger partial charge < -0.3 is 13.9 Å². The summed E-state index contributed by atoms with van der Waals surface area (Å²) < 4.78 is 136. The summed E-state index contributed by atoms with van der Waals surface area (Å²) in [5, 5.41) is 2.30. The van der Waals surface area contributed by atoms with Gasteiger partial charge in [-0.05, 0) is 120 Å². The molecule has 0 unspecified atom stereocenters. The molecule has 380 valence electrons. The summed E-state index contributed by atoms with van der Waals surface area (Å²) in [6.45, 7) is 19.2. The van der Waals surface area contributed by atoms with E-state index in [2.05, 4.69) is 91.3 Å². The van der Waals surface area contributed by atoms with E-state index in [4.69, 9.17) is 26.2 Å². The molecule has 11 aromatic rings. The molecule has 7 heteroatoms. The summed E-state index contributed by atoms with van der Waals surface area (Å²) in [4.78, 5) is 5.04. The maximum absolute atomic E-state index is 9.49. The summed E-state index contributed by atoms with van der Waals surface area (Å²) in [5.74, 6) is 0.925. The van der Waals surface area contributed by atoms with Crippen LogP contribution in [0, 0.1) is 18.5 Å². The Morgan fingerprint density at radius 2 is 1.28 bits per heavy atom. The molecule has 0 atom stereocenters. The van der Waals surface area contributed by atoms with Crippen LogP contribution >= 0.6 is 0 Å². The second-order valence-electron chi connectivity index (χ2n) is 22.6. The number of pyridine rings is 1. The summed E-state index contributed by atoms with van der Waals surface area (Å²) in [5.41, 5.74) is 8.23. The van der Waals surface area contributed by atoms with Gasteiger partial charge >= 0.3 is 0 Å². The first-order chi connectivity index (χ1) is 42.0. The fourth-order valence-electron chi connectivity index (χ4n) is 11.9. The normalized spacial score (nSPS) is 18.6. The fraction of sp³-hybridized carbons (Fsp3) is 0.217. The van der Waals surface area contributed by atoms with Gasteiger partial charge in [0.25, 0.3) is 6.33 Å². The predicted octanol–water partition coefficient (Wildman–Crippen LogP) is 16.5. The fourth-order valence-corrected chi connectivity index (χ4v) is 15.5. The van der Waals surface area contributed by atoms with Gasteiger partial charge in [0, 0.05) is 44.3 Å². The number of nitrogens with zero attached hydrogens (tertiary/aromatic N) is 4. The molecule has 0 bridgehead atoms. The predicted molar refractivity (Wildman–Crippen MR) is 311 cm³/mol. The third-order valence-corrected chi connectivity index (χ3v) is 19.4. The maximum Gasteiger partial charge on any atom is 0.268 e. The molecule has 0 amide bonds. The molecule has 1 aliphatic heterocycles. The van der Waals surface area contributed by atoms with Gasteiger partial charge in [-0.15, -0.1) is 29.7 Å². The molecular formula is C69H62N4OPtSi-2. The molecule has 0 fully saturated rings. The van der Waals surface area contributed by atoms with Crippen LogP contribution in [0.1, 0.15) is 96.7 Å². The van der Waals surface area contributed by atoms with Gasteiger partial charge in [0.2, 0.25) is 0 Å². The molecule has 2 aliphatic rings. The first kappa shape index (κ1) is 36.0. The van der Waals surface area contributed by atoms with Crippen LogP contribution in [0.3, 0.4) is 0 Å². The van der Waals surface area contributed by atoms with Gasteiger partial charge in [-0.25, -0.2) is 4.98 Å². The molecule has 4 heterocycles. The molecular weight excluding hydrogens is 1120 g/mol. The van der Waals surface area contributed by atoms with E-state index in [-0.39, 0.29) is 106 Å². The topological polar surface area (TPSA) is 35.9 Å². The summed E-state index contributed by atoms with van der Waals surface area (Å²) in [6, 6.07) is 28.6. The van der Waals surface area contributed by atoms with Crippen molar-refractivity contribution in [2.45, 2.75) is 96.2 Å². The molecule has 3 aromatic heterocycles. The monoisotopic (exact) mass is 1200 g/mol. The second kappa shape index (κ2) is 18.6. The van der Waals surface area contributed by atoms with Crippen molar-refractivity contribution in [3.63, 3.8) is 0 Å². The van der Waals surface area contributed by atoms with Crippen molar-refractivity contribution in [2.75, 3.05) is 0 Å². The van der Waals surface area contributed by atoms with Gasteiger partial charge in [0.15, 0.2) is 0 Å². The third-order valence-electron chi connectivity index (χ3n) is 16.0. The number of rotatable bonds is 8. The number of benzene rings is 8. The number of para-hydroxylation sites is 4. The zero-order chi connectivity index (χ0) is 63.6. The molecule has 0 spiro atoms. The van der Waals surface area contributed by atoms with E-state index in [0.717, 1.165) is 30.9 Å². The third kappa shape index (κ3) is 8.22. The summed E-state index contributed by atoms with van der Waals surface area (Å²) in [6.07, 6.45) is 8.38. The maximum atomic E-state index is 9.49. The zero-order valence-corrected chi connectivity index (χ0v) is 46.9. The number of ether oxygens (including phenoxy) is 1. The van der Waals surface area contributed by atoms with E-state index in [0.29, 0.717) is 38.8 Å². The van der Waals surface area contributed by atoms with Crippen molar-refractivity contribution in [3.05, 3.63) is 217 Å². The molecule has 0 N–H and O–H groups in total. The zero-order valence-electron chi connectivity index (χ0n) is 57.6. The molecule has 0 saturated carbocycles. The Balaban J connectivity index is 0.00000785. The van der Waals surface area contributed by atoms with E-state index < -0.39 is 68.5 Å². The van der Waals surface area contributed by atoms with Gasteiger partial charge in [0.1, 0.15) is 5.82 Å². The summed E-state index contributed by atoms with van der Waals surface area (Å²) >= 11 is 0. The van der Waals surface area contributed by atoms with Crippen molar-refractivity contribution >= 4 is 46.1 Å². The number of imidazole rings is 1. The summed E-state index contributed by atoms with van der Waals surface area (Å²) in [7, 11) is -2.06. The van der Waals surface area contributed by atoms with E-state index in [1.54, 1.807) is 80.6 Å². The first-order valence-electron chi connectivity index (χ1n) is 32.6. The van der Waals surface area contributed by atoms with Crippen LogP contribution in [-0.4, -0.2) is 22.2 Å². The van der Waals surface area contributed by atoms with Crippen molar-refractivity contribution in [2.24, 2.45) is 0 Å². The van der Waals surface area contributed by atoms with Crippen LogP contribution in [0.5, 0.6) is 11.5 Å². The molecule has 5 nitrogen and oxygen atoms in total. The number of hydrogen-bond donors (Lipinski definition) is 0. The van der Waals surface area contributed by atoms with Crippen molar-refractivity contribution < 1.29 is 49.6 Å². The van der Waals surface area contributed by atoms with Gasteiger partial charge in [-0.3, -0.25) is 4.57 Å². The number of fused-ring (bicyclic) bond motifs is 6. The largest absolute Gasteiger partial charge is 0.510 e. The Hall–Kier alpha value is -7.11. The van der Waals surface area contributed by atoms with Gasteiger partial charge in [0.05, 0.1) is 44.0 Å². The van der Waals surface area contributed by atoms with Gasteiger partial charge in [-0.1, -0.05) is 193 Å². The van der Waals surface area contributed by atoms with Crippen LogP contribution in [-0.2, 0) is 37.3 Å². The second-order valence-corrected chi connectivity index (χ2v) is 27.4. The average molecular weight is 1200 g/mol. The molecule has 0 saturated heterocycles. The van der Waals surface area contributed by atoms with Gasteiger partial charge in [-0.2, -0.15) is 18.2 Å². The van der Waals surface area contributed by atoms with Crippen molar-refractivity contribution in [3.8, 4) is 62.1 Å². The smallest absolute Gasteiger partial charge is 0.268 e.